The summed E-state index contributed by atoms with van der Waals surface area (Å²) in [6.07, 6.45) is -0.120. The first-order valence-corrected chi connectivity index (χ1v) is 9.90. The van der Waals surface area contributed by atoms with Crippen molar-refractivity contribution in [2.75, 3.05) is 11.9 Å². The van der Waals surface area contributed by atoms with Gasteiger partial charge in [-0.2, -0.15) is 5.10 Å². The zero-order chi connectivity index (χ0) is 21.7. The van der Waals surface area contributed by atoms with Crippen molar-refractivity contribution in [3.63, 3.8) is 0 Å². The molecule has 1 N–H and O–H groups in total. The number of hydrogen-bond donors (Lipinski definition) is 1. The molecule has 0 unspecified atom stereocenters. The first-order valence-electron chi connectivity index (χ1n) is 9.90. The van der Waals surface area contributed by atoms with E-state index in [0.717, 1.165) is 17.7 Å². The Balaban J connectivity index is 0.00000190. The fourth-order valence-electron chi connectivity index (χ4n) is 2.64. The molecule has 0 spiro atoms. The highest BCUT2D eigenvalue weighted by molar-refractivity contribution is 5.84. The van der Waals surface area contributed by atoms with Gasteiger partial charge < -0.3 is 14.4 Å². The van der Waals surface area contributed by atoms with Crippen LogP contribution in [0.4, 0.5) is 15.4 Å². The standard InChI is InChI=1S/C18H30N4O4.C2H6/c1-12-13-11-21(16(24)26-18(5,6)7)9-8-10-22(13)20-14(12)19-15(23)25-17(2,3)4;1-2/h8-11H2,1-7H3,(H,19,20,23);1-2H3. The Morgan fingerprint density at radius 1 is 1.00 bits per heavy atom. The van der Waals surface area contributed by atoms with Crippen LogP contribution in [0, 0.1) is 6.92 Å². The first kappa shape index (κ1) is 23.8. The SMILES string of the molecule is CC.Cc1c(NC(=O)OC(C)(C)C)nn2c1CN(C(=O)OC(C)(C)C)CCC2. The van der Waals surface area contributed by atoms with Gasteiger partial charge in [-0.1, -0.05) is 13.8 Å². The highest BCUT2D eigenvalue weighted by Crippen LogP contribution is 2.24. The molecule has 0 fully saturated rings. The molecular weight excluding hydrogens is 360 g/mol. The minimum Gasteiger partial charge on any atom is -0.444 e. The van der Waals surface area contributed by atoms with E-state index < -0.39 is 17.3 Å². The molecule has 0 atom stereocenters. The normalized spacial score (nSPS) is 14.2. The van der Waals surface area contributed by atoms with Gasteiger partial charge in [-0.3, -0.25) is 10.00 Å². The van der Waals surface area contributed by atoms with Crippen LogP contribution in [-0.4, -0.2) is 44.6 Å². The predicted octanol–water partition coefficient (Wildman–Crippen LogP) is 4.71. The van der Waals surface area contributed by atoms with Gasteiger partial charge in [-0.05, 0) is 54.9 Å². The van der Waals surface area contributed by atoms with Gasteiger partial charge in [0.25, 0.3) is 0 Å². The lowest BCUT2D eigenvalue weighted by atomic mass is 10.2. The molecule has 8 nitrogen and oxygen atoms in total. The van der Waals surface area contributed by atoms with Crippen LogP contribution in [0.2, 0.25) is 0 Å². The molecule has 1 aliphatic heterocycles. The number of amides is 2. The van der Waals surface area contributed by atoms with Gasteiger partial charge in [0.05, 0.1) is 12.2 Å². The van der Waals surface area contributed by atoms with Gasteiger partial charge in [-0.25, -0.2) is 9.59 Å². The van der Waals surface area contributed by atoms with Crippen LogP contribution in [0.5, 0.6) is 0 Å². The predicted molar refractivity (Wildman–Crippen MR) is 109 cm³/mol. The average Bonchev–Trinajstić information content (AvgIpc) is 2.71. The zero-order valence-corrected chi connectivity index (χ0v) is 18.8. The van der Waals surface area contributed by atoms with Crippen LogP contribution >= 0.6 is 0 Å². The molecule has 0 saturated heterocycles. The molecular formula is C20H36N4O4. The van der Waals surface area contributed by atoms with Crippen LogP contribution < -0.4 is 5.32 Å². The molecule has 8 heteroatoms. The number of aryl methyl sites for hydroxylation is 1. The number of rotatable bonds is 1. The highest BCUT2D eigenvalue weighted by atomic mass is 16.6. The van der Waals surface area contributed by atoms with E-state index in [-0.39, 0.29) is 6.09 Å². The van der Waals surface area contributed by atoms with Crippen molar-refractivity contribution in [1.82, 2.24) is 14.7 Å². The molecule has 2 amide bonds. The molecule has 28 heavy (non-hydrogen) atoms. The Bertz CT molecular complexity index is 684. The lowest BCUT2D eigenvalue weighted by Gasteiger charge is -2.26. The van der Waals surface area contributed by atoms with Gasteiger partial charge in [0.15, 0.2) is 5.82 Å². The molecule has 0 saturated carbocycles. The largest absolute Gasteiger partial charge is 0.444 e. The van der Waals surface area contributed by atoms with Crippen molar-refractivity contribution in [3.05, 3.63) is 11.3 Å². The van der Waals surface area contributed by atoms with E-state index >= 15 is 0 Å². The minimum absolute atomic E-state index is 0.340. The second kappa shape index (κ2) is 9.30. The summed E-state index contributed by atoms with van der Waals surface area (Å²) in [7, 11) is 0. The zero-order valence-electron chi connectivity index (χ0n) is 18.8. The number of fused-ring (bicyclic) bond motifs is 1. The monoisotopic (exact) mass is 396 g/mol. The second-order valence-electron chi connectivity index (χ2n) is 8.53. The molecule has 0 radical (unpaired) electrons. The van der Waals surface area contributed by atoms with E-state index in [4.69, 9.17) is 9.47 Å². The fourth-order valence-corrected chi connectivity index (χ4v) is 2.64. The Labute approximate surface area is 168 Å². The van der Waals surface area contributed by atoms with Gasteiger partial charge in [0.1, 0.15) is 11.2 Å². The molecule has 160 valence electrons. The highest BCUT2D eigenvalue weighted by Gasteiger charge is 2.28. The molecule has 1 aromatic heterocycles. The summed E-state index contributed by atoms with van der Waals surface area (Å²) in [5.74, 6) is 0.459. The molecule has 1 aliphatic rings. The summed E-state index contributed by atoms with van der Waals surface area (Å²) < 4.78 is 12.6. The maximum absolute atomic E-state index is 12.4. The molecule has 0 aliphatic carbocycles. The smallest absolute Gasteiger partial charge is 0.413 e. The van der Waals surface area contributed by atoms with Crippen molar-refractivity contribution < 1.29 is 19.1 Å². The average molecular weight is 397 g/mol. The molecule has 2 heterocycles. The van der Waals surface area contributed by atoms with Gasteiger partial charge in [0.2, 0.25) is 0 Å². The summed E-state index contributed by atoms with van der Waals surface area (Å²) in [4.78, 5) is 26.1. The Morgan fingerprint density at radius 2 is 1.57 bits per heavy atom. The summed E-state index contributed by atoms with van der Waals surface area (Å²) in [6, 6.07) is 0. The summed E-state index contributed by atoms with van der Waals surface area (Å²) in [5.41, 5.74) is 0.593. The van der Waals surface area contributed by atoms with Crippen molar-refractivity contribution in [2.24, 2.45) is 0 Å². The van der Waals surface area contributed by atoms with Crippen molar-refractivity contribution in [1.29, 1.82) is 0 Å². The van der Waals surface area contributed by atoms with Crippen molar-refractivity contribution in [3.8, 4) is 0 Å². The van der Waals surface area contributed by atoms with Gasteiger partial charge in [0, 0.05) is 18.7 Å². The fraction of sp³-hybridized carbons (Fsp3) is 0.750. The van der Waals surface area contributed by atoms with Crippen LogP contribution in [-0.2, 0) is 22.6 Å². The lowest BCUT2D eigenvalue weighted by molar-refractivity contribution is 0.0236. The maximum Gasteiger partial charge on any atom is 0.413 e. The van der Waals surface area contributed by atoms with Crippen LogP contribution in [0.3, 0.4) is 0 Å². The van der Waals surface area contributed by atoms with E-state index in [0.29, 0.717) is 25.5 Å². The Hall–Kier alpha value is -2.25. The number of hydrogen-bond acceptors (Lipinski definition) is 5. The number of carbonyl (C=O) groups is 2. The number of aromatic nitrogens is 2. The number of nitrogens with zero attached hydrogens (tertiary/aromatic N) is 3. The van der Waals surface area contributed by atoms with Gasteiger partial charge >= 0.3 is 12.2 Å². The van der Waals surface area contributed by atoms with Crippen LogP contribution in [0.1, 0.15) is 73.1 Å². The topological polar surface area (TPSA) is 85.7 Å². The molecule has 2 rings (SSSR count). The van der Waals surface area contributed by atoms with E-state index in [1.165, 1.54) is 0 Å². The van der Waals surface area contributed by atoms with E-state index in [2.05, 4.69) is 10.4 Å². The van der Waals surface area contributed by atoms with Gasteiger partial charge in [-0.15, -0.1) is 0 Å². The quantitative estimate of drug-likeness (QED) is 0.743. The van der Waals surface area contributed by atoms with Crippen molar-refractivity contribution in [2.45, 2.75) is 93.0 Å². The third-order valence-corrected chi connectivity index (χ3v) is 3.73. The Kier molecular flexibility index (Phi) is 7.90. The summed E-state index contributed by atoms with van der Waals surface area (Å²) >= 11 is 0. The Morgan fingerprint density at radius 3 is 2.11 bits per heavy atom. The number of anilines is 1. The van der Waals surface area contributed by atoms with E-state index in [1.54, 1.807) is 25.7 Å². The molecule has 0 aromatic carbocycles. The maximum atomic E-state index is 12.4. The van der Waals surface area contributed by atoms with E-state index in [9.17, 15) is 9.59 Å². The van der Waals surface area contributed by atoms with E-state index in [1.807, 2.05) is 46.2 Å². The molecule has 1 aromatic rings. The third kappa shape index (κ3) is 7.05. The van der Waals surface area contributed by atoms with Crippen molar-refractivity contribution >= 4 is 18.0 Å². The second-order valence-corrected chi connectivity index (χ2v) is 8.53. The lowest BCUT2D eigenvalue weighted by Crippen LogP contribution is -2.36. The number of ether oxygens (including phenoxy) is 2. The third-order valence-electron chi connectivity index (χ3n) is 3.73. The number of carbonyl (C=O) groups excluding carboxylic acids is 2. The number of nitrogens with one attached hydrogen (secondary N) is 1. The molecule has 0 bridgehead atoms. The summed E-state index contributed by atoms with van der Waals surface area (Å²) in [6.45, 7) is 18.5. The van der Waals surface area contributed by atoms with Crippen LogP contribution in [0.15, 0.2) is 0 Å². The minimum atomic E-state index is -0.581. The van der Waals surface area contributed by atoms with Crippen LogP contribution in [0.25, 0.3) is 0 Å². The summed E-state index contributed by atoms with van der Waals surface area (Å²) in [5, 5.41) is 7.17. The first-order chi connectivity index (χ1) is 12.9.